The van der Waals surface area contributed by atoms with E-state index < -0.39 is 10.0 Å². The van der Waals surface area contributed by atoms with Crippen molar-refractivity contribution >= 4 is 15.7 Å². The lowest BCUT2D eigenvalue weighted by Gasteiger charge is -2.08. The van der Waals surface area contributed by atoms with Crippen molar-refractivity contribution in [1.29, 1.82) is 0 Å². The van der Waals surface area contributed by atoms with E-state index in [0.29, 0.717) is 12.1 Å². The van der Waals surface area contributed by atoms with E-state index in [4.69, 9.17) is 0 Å². The molecule has 0 atom stereocenters. The Labute approximate surface area is 108 Å². The molecule has 0 spiro atoms. The van der Waals surface area contributed by atoms with Crippen molar-refractivity contribution in [2.45, 2.75) is 19.8 Å². The number of nitrogens with one attached hydrogen (secondary N) is 2. The molecule has 1 rings (SSSR count). The standard InChI is InChI=1S/C12H19FN2O2S/c1-2-14-9-3-4-10-18(16,17)15-12-7-5-11(13)6-8-12/h5-8,14-15H,2-4,9-10H2,1H3. The fourth-order valence-electron chi connectivity index (χ4n) is 1.47. The topological polar surface area (TPSA) is 58.2 Å². The molecule has 0 aliphatic heterocycles. The first-order valence-electron chi connectivity index (χ1n) is 6.00. The van der Waals surface area contributed by atoms with Gasteiger partial charge in [0.05, 0.1) is 5.75 Å². The maximum Gasteiger partial charge on any atom is 0.232 e. The van der Waals surface area contributed by atoms with Crippen molar-refractivity contribution < 1.29 is 12.8 Å². The molecule has 0 unspecified atom stereocenters. The molecule has 0 aromatic heterocycles. The number of hydrogen-bond acceptors (Lipinski definition) is 3. The van der Waals surface area contributed by atoms with Crippen LogP contribution in [-0.4, -0.2) is 27.3 Å². The SMILES string of the molecule is CCNCCCCS(=O)(=O)Nc1ccc(F)cc1. The van der Waals surface area contributed by atoms with Gasteiger partial charge in [-0.1, -0.05) is 6.92 Å². The molecular weight excluding hydrogens is 255 g/mol. The summed E-state index contributed by atoms with van der Waals surface area (Å²) in [6, 6.07) is 5.27. The van der Waals surface area contributed by atoms with Crippen molar-refractivity contribution in [1.82, 2.24) is 5.32 Å². The summed E-state index contributed by atoms with van der Waals surface area (Å²) in [7, 11) is -3.33. The fourth-order valence-corrected chi connectivity index (χ4v) is 2.65. The summed E-state index contributed by atoms with van der Waals surface area (Å²) in [6.07, 6.45) is 1.42. The smallest absolute Gasteiger partial charge is 0.232 e. The lowest BCUT2D eigenvalue weighted by Crippen LogP contribution is -2.19. The van der Waals surface area contributed by atoms with E-state index >= 15 is 0 Å². The quantitative estimate of drug-likeness (QED) is 0.712. The van der Waals surface area contributed by atoms with Crippen LogP contribution in [0.4, 0.5) is 10.1 Å². The van der Waals surface area contributed by atoms with Crippen molar-refractivity contribution in [2.24, 2.45) is 0 Å². The van der Waals surface area contributed by atoms with Gasteiger partial charge in [0, 0.05) is 5.69 Å². The Bertz CT molecular complexity index is 446. The molecule has 6 heteroatoms. The molecule has 0 aliphatic carbocycles. The predicted octanol–water partition coefficient (Wildman–Crippen LogP) is 1.96. The minimum absolute atomic E-state index is 0.0791. The van der Waals surface area contributed by atoms with Crippen molar-refractivity contribution in [3.63, 3.8) is 0 Å². The number of benzene rings is 1. The third kappa shape index (κ3) is 5.97. The highest BCUT2D eigenvalue weighted by Crippen LogP contribution is 2.11. The first kappa shape index (κ1) is 14.9. The Morgan fingerprint density at radius 2 is 1.83 bits per heavy atom. The lowest BCUT2D eigenvalue weighted by molar-refractivity contribution is 0.593. The highest BCUT2D eigenvalue weighted by molar-refractivity contribution is 7.92. The second-order valence-electron chi connectivity index (χ2n) is 3.99. The average molecular weight is 274 g/mol. The molecule has 1 aromatic rings. The number of unbranched alkanes of at least 4 members (excludes halogenated alkanes) is 1. The molecule has 102 valence electrons. The van der Waals surface area contributed by atoms with Gasteiger partial charge in [-0.2, -0.15) is 0 Å². The second kappa shape index (κ2) is 7.33. The largest absolute Gasteiger partial charge is 0.317 e. The van der Waals surface area contributed by atoms with Gasteiger partial charge in [0.2, 0.25) is 10.0 Å². The summed E-state index contributed by atoms with van der Waals surface area (Å²) in [4.78, 5) is 0. The van der Waals surface area contributed by atoms with Crippen molar-refractivity contribution in [3.05, 3.63) is 30.1 Å². The molecule has 0 aliphatic rings. The van der Waals surface area contributed by atoms with E-state index in [2.05, 4.69) is 10.0 Å². The Kier molecular flexibility index (Phi) is 6.07. The Morgan fingerprint density at radius 3 is 2.44 bits per heavy atom. The number of anilines is 1. The van der Waals surface area contributed by atoms with Gasteiger partial charge < -0.3 is 5.32 Å². The van der Waals surface area contributed by atoms with Crippen LogP contribution in [0.2, 0.25) is 0 Å². The zero-order chi connectivity index (χ0) is 13.4. The van der Waals surface area contributed by atoms with E-state index in [1.807, 2.05) is 6.92 Å². The predicted molar refractivity (Wildman–Crippen MR) is 71.6 cm³/mol. The molecule has 0 radical (unpaired) electrons. The van der Waals surface area contributed by atoms with Crippen molar-refractivity contribution in [3.8, 4) is 0 Å². The first-order valence-corrected chi connectivity index (χ1v) is 7.65. The molecule has 2 N–H and O–H groups in total. The van der Waals surface area contributed by atoms with E-state index in [-0.39, 0.29) is 11.6 Å². The van der Waals surface area contributed by atoms with Crippen LogP contribution >= 0.6 is 0 Å². The van der Waals surface area contributed by atoms with Crippen LogP contribution in [-0.2, 0) is 10.0 Å². The molecule has 0 saturated heterocycles. The monoisotopic (exact) mass is 274 g/mol. The van der Waals surface area contributed by atoms with Crippen LogP contribution in [0.5, 0.6) is 0 Å². The van der Waals surface area contributed by atoms with Gasteiger partial charge in [-0.15, -0.1) is 0 Å². The second-order valence-corrected chi connectivity index (χ2v) is 5.83. The molecule has 0 bridgehead atoms. The van der Waals surface area contributed by atoms with Gasteiger partial charge in [-0.3, -0.25) is 4.72 Å². The number of sulfonamides is 1. The van der Waals surface area contributed by atoms with E-state index in [1.165, 1.54) is 24.3 Å². The average Bonchev–Trinajstić information content (AvgIpc) is 2.31. The fraction of sp³-hybridized carbons (Fsp3) is 0.500. The van der Waals surface area contributed by atoms with E-state index in [1.54, 1.807) is 0 Å². The summed E-state index contributed by atoms with van der Waals surface area (Å²) in [5.41, 5.74) is 0.392. The summed E-state index contributed by atoms with van der Waals surface area (Å²) in [6.45, 7) is 3.72. The maximum absolute atomic E-state index is 12.7. The van der Waals surface area contributed by atoms with Gasteiger partial charge in [0.25, 0.3) is 0 Å². The molecule has 0 amide bonds. The molecule has 0 heterocycles. The van der Waals surface area contributed by atoms with Crippen LogP contribution < -0.4 is 10.0 Å². The Morgan fingerprint density at radius 1 is 1.17 bits per heavy atom. The molecule has 4 nitrogen and oxygen atoms in total. The van der Waals surface area contributed by atoms with Gasteiger partial charge in [-0.05, 0) is 50.2 Å². The molecule has 0 saturated carbocycles. The molecule has 0 fully saturated rings. The van der Waals surface area contributed by atoms with E-state index in [9.17, 15) is 12.8 Å². The van der Waals surface area contributed by atoms with E-state index in [0.717, 1.165) is 19.5 Å². The zero-order valence-electron chi connectivity index (χ0n) is 10.4. The van der Waals surface area contributed by atoms with Crippen LogP contribution in [0.1, 0.15) is 19.8 Å². The Balaban J connectivity index is 2.37. The molecule has 1 aromatic carbocycles. The third-order valence-corrected chi connectivity index (χ3v) is 3.76. The van der Waals surface area contributed by atoms with Gasteiger partial charge >= 0.3 is 0 Å². The summed E-state index contributed by atoms with van der Waals surface area (Å²) < 4.78 is 38.5. The highest BCUT2D eigenvalue weighted by atomic mass is 32.2. The Hall–Kier alpha value is -1.14. The lowest BCUT2D eigenvalue weighted by atomic mass is 10.3. The van der Waals surface area contributed by atoms with Crippen molar-refractivity contribution in [2.75, 3.05) is 23.6 Å². The number of halogens is 1. The highest BCUT2D eigenvalue weighted by Gasteiger charge is 2.09. The van der Waals surface area contributed by atoms with Gasteiger partial charge in [0.15, 0.2) is 0 Å². The summed E-state index contributed by atoms with van der Waals surface area (Å²) in [5.74, 6) is -0.306. The first-order chi connectivity index (χ1) is 8.53. The normalized spacial score (nSPS) is 11.4. The van der Waals surface area contributed by atoms with Gasteiger partial charge in [0.1, 0.15) is 5.82 Å². The third-order valence-electron chi connectivity index (χ3n) is 2.38. The van der Waals surface area contributed by atoms with Crippen LogP contribution in [0, 0.1) is 5.82 Å². The minimum Gasteiger partial charge on any atom is -0.317 e. The maximum atomic E-state index is 12.7. The van der Waals surface area contributed by atoms with Crippen LogP contribution in [0.25, 0.3) is 0 Å². The summed E-state index contributed by atoms with van der Waals surface area (Å²) >= 11 is 0. The van der Waals surface area contributed by atoms with Crippen LogP contribution in [0.3, 0.4) is 0 Å². The summed E-state index contributed by atoms with van der Waals surface area (Å²) in [5, 5.41) is 3.13. The van der Waals surface area contributed by atoms with Crippen LogP contribution in [0.15, 0.2) is 24.3 Å². The molecular formula is C12H19FN2O2S. The number of hydrogen-bond donors (Lipinski definition) is 2. The zero-order valence-corrected chi connectivity index (χ0v) is 11.3. The number of rotatable bonds is 8. The minimum atomic E-state index is -3.33. The molecule has 18 heavy (non-hydrogen) atoms. The van der Waals surface area contributed by atoms with Gasteiger partial charge in [-0.25, -0.2) is 12.8 Å².